The summed E-state index contributed by atoms with van der Waals surface area (Å²) in [5, 5.41) is 4.73. The molecular formula is C18H19ClN2O3. The zero-order valence-corrected chi connectivity index (χ0v) is 14.6. The van der Waals surface area contributed by atoms with E-state index in [9.17, 15) is 4.79 Å². The minimum Gasteiger partial charge on any atom is -0.497 e. The summed E-state index contributed by atoms with van der Waals surface area (Å²) in [6.45, 7) is 3.56. The van der Waals surface area contributed by atoms with Gasteiger partial charge in [0.25, 0.3) is 5.91 Å². The van der Waals surface area contributed by atoms with Crippen molar-refractivity contribution in [3.8, 4) is 11.5 Å². The van der Waals surface area contributed by atoms with Crippen LogP contribution >= 0.6 is 11.6 Å². The number of amides is 1. The highest BCUT2D eigenvalue weighted by molar-refractivity contribution is 6.31. The maximum atomic E-state index is 11.8. The Hall–Kier alpha value is -2.53. The molecule has 1 amide bonds. The third-order valence-electron chi connectivity index (χ3n) is 3.36. The van der Waals surface area contributed by atoms with Gasteiger partial charge in [-0.2, -0.15) is 5.10 Å². The molecule has 2 aromatic rings. The summed E-state index contributed by atoms with van der Waals surface area (Å²) in [6.07, 6.45) is 0. The number of aryl methyl sites for hydroxylation is 1. The number of nitrogens with zero attached hydrogens (tertiary/aromatic N) is 1. The van der Waals surface area contributed by atoms with Gasteiger partial charge in [0, 0.05) is 5.02 Å². The Kier molecular flexibility index (Phi) is 6.21. The molecule has 6 heteroatoms. The molecule has 0 aromatic heterocycles. The maximum Gasteiger partial charge on any atom is 0.277 e. The zero-order valence-electron chi connectivity index (χ0n) is 13.8. The maximum absolute atomic E-state index is 11.8. The molecule has 0 aliphatic heterocycles. The number of methoxy groups -OCH3 is 1. The molecule has 0 saturated heterocycles. The minimum absolute atomic E-state index is 0.125. The van der Waals surface area contributed by atoms with E-state index in [0.29, 0.717) is 16.5 Å². The van der Waals surface area contributed by atoms with E-state index in [1.165, 1.54) is 0 Å². The van der Waals surface area contributed by atoms with E-state index >= 15 is 0 Å². The van der Waals surface area contributed by atoms with Gasteiger partial charge >= 0.3 is 0 Å². The summed E-state index contributed by atoms with van der Waals surface area (Å²) in [5.41, 5.74) is 4.95. The molecule has 2 rings (SSSR count). The molecule has 0 atom stereocenters. The smallest absolute Gasteiger partial charge is 0.277 e. The number of carbonyl (C=O) groups excluding carboxylic acids is 1. The number of nitrogens with one attached hydrogen (secondary N) is 1. The highest BCUT2D eigenvalue weighted by Crippen LogP contribution is 2.20. The van der Waals surface area contributed by atoms with Crippen LogP contribution in [0.2, 0.25) is 5.02 Å². The van der Waals surface area contributed by atoms with Crippen molar-refractivity contribution in [2.75, 3.05) is 13.7 Å². The van der Waals surface area contributed by atoms with Gasteiger partial charge in [0.1, 0.15) is 11.5 Å². The average Bonchev–Trinajstić information content (AvgIpc) is 2.60. The van der Waals surface area contributed by atoms with Gasteiger partial charge in [-0.05, 0) is 67.4 Å². The predicted molar refractivity (Wildman–Crippen MR) is 95.0 cm³/mol. The van der Waals surface area contributed by atoms with E-state index in [2.05, 4.69) is 10.5 Å². The minimum atomic E-state index is -0.338. The fourth-order valence-corrected chi connectivity index (χ4v) is 2.05. The molecular weight excluding hydrogens is 328 g/mol. The van der Waals surface area contributed by atoms with Gasteiger partial charge in [-0.15, -0.1) is 0 Å². The van der Waals surface area contributed by atoms with Crippen LogP contribution < -0.4 is 14.9 Å². The zero-order chi connectivity index (χ0) is 17.5. The first-order valence-corrected chi connectivity index (χ1v) is 7.74. The van der Waals surface area contributed by atoms with Crippen molar-refractivity contribution >= 4 is 23.2 Å². The van der Waals surface area contributed by atoms with Crippen LogP contribution in [-0.2, 0) is 4.79 Å². The monoisotopic (exact) mass is 346 g/mol. The van der Waals surface area contributed by atoms with Crippen molar-refractivity contribution in [1.29, 1.82) is 0 Å². The fraction of sp³-hybridized carbons (Fsp3) is 0.222. The van der Waals surface area contributed by atoms with Gasteiger partial charge in [0.2, 0.25) is 0 Å². The summed E-state index contributed by atoms with van der Waals surface area (Å²) in [5.74, 6) is 1.01. The second kappa shape index (κ2) is 8.36. The molecule has 1 N–H and O–H groups in total. The van der Waals surface area contributed by atoms with Crippen LogP contribution in [0.1, 0.15) is 18.1 Å². The third-order valence-corrected chi connectivity index (χ3v) is 3.78. The van der Waals surface area contributed by atoms with Gasteiger partial charge in [0.15, 0.2) is 6.61 Å². The van der Waals surface area contributed by atoms with Crippen molar-refractivity contribution in [2.45, 2.75) is 13.8 Å². The van der Waals surface area contributed by atoms with E-state index in [4.69, 9.17) is 21.1 Å². The SMILES string of the molecule is COc1ccc(C(C)=NNC(=O)COc2ccc(Cl)c(C)c2)cc1. The van der Waals surface area contributed by atoms with Gasteiger partial charge in [0.05, 0.1) is 12.8 Å². The van der Waals surface area contributed by atoms with Gasteiger partial charge in [-0.1, -0.05) is 11.6 Å². The van der Waals surface area contributed by atoms with Crippen LogP contribution in [0.15, 0.2) is 47.6 Å². The molecule has 5 nitrogen and oxygen atoms in total. The van der Waals surface area contributed by atoms with Gasteiger partial charge < -0.3 is 9.47 Å². The molecule has 126 valence electrons. The number of carbonyl (C=O) groups is 1. The Morgan fingerprint density at radius 2 is 1.83 bits per heavy atom. The van der Waals surface area contributed by atoms with Crippen LogP contribution in [0, 0.1) is 6.92 Å². The largest absolute Gasteiger partial charge is 0.497 e. The van der Waals surface area contributed by atoms with E-state index in [-0.39, 0.29) is 12.5 Å². The summed E-state index contributed by atoms with van der Waals surface area (Å²) in [7, 11) is 1.61. The Morgan fingerprint density at radius 3 is 2.46 bits per heavy atom. The molecule has 0 aliphatic rings. The molecule has 0 heterocycles. The van der Waals surface area contributed by atoms with Crippen LogP contribution in [0.4, 0.5) is 0 Å². The first kappa shape index (κ1) is 17.8. The standard InChI is InChI=1S/C18H19ClN2O3/c1-12-10-16(8-9-17(12)19)24-11-18(22)21-20-13(2)14-4-6-15(23-3)7-5-14/h4-10H,11H2,1-3H3,(H,21,22). The van der Waals surface area contributed by atoms with Crippen molar-refractivity contribution in [3.05, 3.63) is 58.6 Å². The van der Waals surface area contributed by atoms with Crippen LogP contribution in [0.3, 0.4) is 0 Å². The molecule has 0 aliphatic carbocycles. The van der Waals surface area contributed by atoms with Crippen molar-refractivity contribution in [1.82, 2.24) is 5.43 Å². The fourth-order valence-electron chi connectivity index (χ4n) is 1.93. The van der Waals surface area contributed by atoms with Crippen LogP contribution in [0.25, 0.3) is 0 Å². The number of benzene rings is 2. The second-order valence-electron chi connectivity index (χ2n) is 5.16. The predicted octanol–water partition coefficient (Wildman–Crippen LogP) is 3.58. The summed E-state index contributed by atoms with van der Waals surface area (Å²) >= 11 is 5.94. The first-order chi connectivity index (χ1) is 11.5. The Labute approximate surface area is 146 Å². The second-order valence-corrected chi connectivity index (χ2v) is 5.57. The van der Waals surface area contributed by atoms with Crippen molar-refractivity contribution < 1.29 is 14.3 Å². The summed E-state index contributed by atoms with van der Waals surface area (Å²) in [4.78, 5) is 11.8. The number of rotatable bonds is 6. The Balaban J connectivity index is 1.87. The van der Waals surface area contributed by atoms with Crippen molar-refractivity contribution in [3.63, 3.8) is 0 Å². The lowest BCUT2D eigenvalue weighted by atomic mass is 10.1. The Bertz CT molecular complexity index is 742. The number of hydrazone groups is 1. The quantitative estimate of drug-likeness (QED) is 0.642. The lowest BCUT2D eigenvalue weighted by Crippen LogP contribution is -2.25. The van der Waals surface area contributed by atoms with Gasteiger partial charge in [-0.25, -0.2) is 5.43 Å². The molecule has 0 radical (unpaired) electrons. The van der Waals surface area contributed by atoms with Crippen LogP contribution in [-0.4, -0.2) is 25.3 Å². The lowest BCUT2D eigenvalue weighted by molar-refractivity contribution is -0.123. The highest BCUT2D eigenvalue weighted by atomic mass is 35.5. The lowest BCUT2D eigenvalue weighted by Gasteiger charge is -2.07. The molecule has 0 fully saturated rings. The topological polar surface area (TPSA) is 59.9 Å². The molecule has 2 aromatic carbocycles. The third kappa shape index (κ3) is 4.99. The molecule has 24 heavy (non-hydrogen) atoms. The number of hydrogen-bond donors (Lipinski definition) is 1. The van der Waals surface area contributed by atoms with Crippen molar-refractivity contribution in [2.24, 2.45) is 5.10 Å². The molecule has 0 spiro atoms. The average molecular weight is 347 g/mol. The summed E-state index contributed by atoms with van der Waals surface area (Å²) in [6, 6.07) is 12.6. The molecule has 0 unspecified atom stereocenters. The normalized spacial score (nSPS) is 11.1. The van der Waals surface area contributed by atoms with E-state index < -0.39 is 0 Å². The number of halogens is 1. The highest BCUT2D eigenvalue weighted by Gasteiger charge is 2.04. The number of ether oxygens (including phenoxy) is 2. The number of hydrogen-bond acceptors (Lipinski definition) is 4. The van der Waals surface area contributed by atoms with E-state index in [1.807, 2.05) is 38.1 Å². The van der Waals surface area contributed by atoms with Gasteiger partial charge in [-0.3, -0.25) is 4.79 Å². The van der Waals surface area contributed by atoms with E-state index in [1.54, 1.807) is 25.3 Å². The van der Waals surface area contributed by atoms with Crippen LogP contribution in [0.5, 0.6) is 11.5 Å². The Morgan fingerprint density at radius 1 is 1.17 bits per heavy atom. The first-order valence-electron chi connectivity index (χ1n) is 7.36. The summed E-state index contributed by atoms with van der Waals surface area (Å²) < 4.78 is 10.5. The molecule has 0 saturated carbocycles. The van der Waals surface area contributed by atoms with E-state index in [0.717, 1.165) is 16.9 Å². The molecule has 0 bridgehead atoms.